The summed E-state index contributed by atoms with van der Waals surface area (Å²) in [4.78, 5) is 26.4. The predicted octanol–water partition coefficient (Wildman–Crippen LogP) is 3.43. The largest absolute Gasteiger partial charge is 0.351 e. The molecule has 0 aliphatic rings. The fraction of sp³-hybridized carbons (Fsp3) is 0.300. The number of amides is 2. The van der Waals surface area contributed by atoms with Crippen LogP contribution in [0.2, 0.25) is 0 Å². The number of nitrogens with one attached hydrogen (secondary N) is 2. The zero-order chi connectivity index (χ0) is 20.7. The molecule has 0 fully saturated rings. The molecule has 0 aliphatic heterocycles. The maximum Gasteiger partial charge on any atom is 0.258 e. The van der Waals surface area contributed by atoms with E-state index in [4.69, 9.17) is 0 Å². The molecule has 0 saturated carbocycles. The van der Waals surface area contributed by atoms with Crippen LogP contribution in [0, 0.1) is 17.5 Å². The zero-order valence-corrected chi connectivity index (χ0v) is 15.7. The van der Waals surface area contributed by atoms with Gasteiger partial charge in [-0.25, -0.2) is 13.2 Å². The Labute approximate surface area is 161 Å². The van der Waals surface area contributed by atoms with Crippen molar-refractivity contribution in [2.45, 2.75) is 13.8 Å². The highest BCUT2D eigenvalue weighted by Gasteiger charge is 2.19. The summed E-state index contributed by atoms with van der Waals surface area (Å²) in [5.41, 5.74) is 0.0718. The first-order chi connectivity index (χ1) is 13.4. The van der Waals surface area contributed by atoms with Gasteiger partial charge in [-0.1, -0.05) is 13.8 Å². The molecular weight excluding hydrogens is 371 g/mol. The van der Waals surface area contributed by atoms with Crippen molar-refractivity contribution < 1.29 is 22.8 Å². The molecule has 28 heavy (non-hydrogen) atoms. The molecule has 0 aliphatic carbocycles. The van der Waals surface area contributed by atoms with E-state index >= 15 is 0 Å². The molecule has 0 heterocycles. The van der Waals surface area contributed by atoms with Crippen LogP contribution in [0.5, 0.6) is 0 Å². The molecule has 2 amide bonds. The maximum absolute atomic E-state index is 13.7. The number of rotatable bonds is 8. The van der Waals surface area contributed by atoms with Gasteiger partial charge in [0, 0.05) is 24.3 Å². The first-order valence-electron chi connectivity index (χ1n) is 8.92. The molecule has 5 nitrogen and oxygen atoms in total. The number of benzene rings is 2. The fourth-order valence-corrected chi connectivity index (χ4v) is 2.57. The molecule has 0 aromatic heterocycles. The average molecular weight is 393 g/mol. The first-order valence-corrected chi connectivity index (χ1v) is 8.92. The lowest BCUT2D eigenvalue weighted by Gasteiger charge is -2.18. The van der Waals surface area contributed by atoms with Gasteiger partial charge < -0.3 is 15.5 Å². The third kappa shape index (κ3) is 5.32. The van der Waals surface area contributed by atoms with Gasteiger partial charge in [-0.15, -0.1) is 0 Å². The molecule has 150 valence electrons. The van der Waals surface area contributed by atoms with Gasteiger partial charge >= 0.3 is 0 Å². The molecule has 0 atom stereocenters. The molecule has 2 N–H and O–H groups in total. The molecule has 0 spiro atoms. The topological polar surface area (TPSA) is 61.4 Å². The van der Waals surface area contributed by atoms with Gasteiger partial charge in [-0.05, 0) is 49.5 Å². The second kappa shape index (κ2) is 9.89. The fourth-order valence-electron chi connectivity index (χ4n) is 2.57. The van der Waals surface area contributed by atoms with Gasteiger partial charge in [0.2, 0.25) is 0 Å². The Hall–Kier alpha value is -2.87. The van der Waals surface area contributed by atoms with Crippen molar-refractivity contribution in [3.63, 3.8) is 0 Å². The number of hydrogen-bond donors (Lipinski definition) is 2. The van der Waals surface area contributed by atoms with Crippen molar-refractivity contribution in [1.29, 1.82) is 0 Å². The summed E-state index contributed by atoms with van der Waals surface area (Å²) in [6.07, 6.45) is 0. The zero-order valence-electron chi connectivity index (χ0n) is 15.7. The lowest BCUT2D eigenvalue weighted by atomic mass is 10.1. The normalized spacial score (nSPS) is 10.8. The van der Waals surface area contributed by atoms with Crippen LogP contribution in [0.3, 0.4) is 0 Å². The highest BCUT2D eigenvalue weighted by atomic mass is 19.2. The van der Waals surface area contributed by atoms with Crippen molar-refractivity contribution in [1.82, 2.24) is 10.2 Å². The summed E-state index contributed by atoms with van der Waals surface area (Å²) in [6, 6.07) is 7.48. The first kappa shape index (κ1) is 21.4. The SMILES string of the molecule is CCN(CC)CCNC(=O)c1ccc(NC(=O)c2ccc(F)c(F)c2F)cc1. The Morgan fingerprint density at radius 2 is 1.54 bits per heavy atom. The molecule has 2 rings (SSSR count). The third-order valence-electron chi connectivity index (χ3n) is 4.29. The quantitative estimate of drug-likeness (QED) is 0.676. The molecule has 0 radical (unpaired) electrons. The predicted molar refractivity (Wildman–Crippen MR) is 101 cm³/mol. The Bertz CT molecular complexity index is 837. The second-order valence-electron chi connectivity index (χ2n) is 6.04. The molecule has 8 heteroatoms. The number of nitrogens with zero attached hydrogens (tertiary/aromatic N) is 1. The molecule has 0 bridgehead atoms. The Balaban J connectivity index is 1.96. The maximum atomic E-state index is 13.7. The van der Waals surface area contributed by atoms with Crippen molar-refractivity contribution in [2.75, 3.05) is 31.5 Å². The van der Waals surface area contributed by atoms with Crippen molar-refractivity contribution in [3.8, 4) is 0 Å². The van der Waals surface area contributed by atoms with Crippen molar-refractivity contribution in [2.24, 2.45) is 0 Å². The lowest BCUT2D eigenvalue weighted by Crippen LogP contribution is -2.34. The molecular formula is C20H22F3N3O2. The smallest absolute Gasteiger partial charge is 0.258 e. The summed E-state index contributed by atoms with van der Waals surface area (Å²) < 4.78 is 39.9. The van der Waals surface area contributed by atoms with Gasteiger partial charge in [-0.3, -0.25) is 9.59 Å². The van der Waals surface area contributed by atoms with Gasteiger partial charge in [0.15, 0.2) is 17.5 Å². The van der Waals surface area contributed by atoms with Gasteiger partial charge in [0.25, 0.3) is 11.8 Å². The highest BCUT2D eigenvalue weighted by Crippen LogP contribution is 2.17. The standard InChI is InChI=1S/C20H22F3N3O2/c1-3-26(4-2)12-11-24-19(27)13-5-7-14(8-6-13)25-20(28)15-9-10-16(21)18(23)17(15)22/h5-10H,3-4,11-12H2,1-2H3,(H,24,27)(H,25,28). The number of carbonyl (C=O) groups excluding carboxylic acids is 2. The summed E-state index contributed by atoms with van der Waals surface area (Å²) in [6.45, 7) is 7.15. The average Bonchev–Trinajstić information content (AvgIpc) is 2.70. The van der Waals surface area contributed by atoms with Gasteiger partial charge in [-0.2, -0.15) is 0 Å². The number of likely N-dealkylation sites (N-methyl/N-ethyl adjacent to an activating group) is 1. The van der Waals surface area contributed by atoms with Crippen LogP contribution in [0.15, 0.2) is 36.4 Å². The van der Waals surface area contributed by atoms with Crippen molar-refractivity contribution >= 4 is 17.5 Å². The Morgan fingerprint density at radius 1 is 0.893 bits per heavy atom. The summed E-state index contributed by atoms with van der Waals surface area (Å²) in [7, 11) is 0. The van der Waals surface area contributed by atoms with Crippen LogP contribution in [0.4, 0.5) is 18.9 Å². The number of anilines is 1. The summed E-state index contributed by atoms with van der Waals surface area (Å²) in [5, 5.41) is 5.19. The van der Waals surface area contributed by atoms with E-state index in [2.05, 4.69) is 15.5 Å². The summed E-state index contributed by atoms with van der Waals surface area (Å²) >= 11 is 0. The van der Waals surface area contributed by atoms with Crippen LogP contribution in [-0.4, -0.2) is 42.9 Å². The van der Waals surface area contributed by atoms with E-state index in [9.17, 15) is 22.8 Å². The van der Waals surface area contributed by atoms with Crippen LogP contribution in [0.1, 0.15) is 34.6 Å². The minimum atomic E-state index is -1.70. The van der Waals surface area contributed by atoms with Gasteiger partial charge in [0.05, 0.1) is 5.56 Å². The minimum Gasteiger partial charge on any atom is -0.351 e. The molecule has 0 saturated heterocycles. The number of hydrogen-bond acceptors (Lipinski definition) is 3. The van der Waals surface area contributed by atoms with E-state index in [1.165, 1.54) is 24.3 Å². The van der Waals surface area contributed by atoms with E-state index in [0.29, 0.717) is 18.2 Å². The number of carbonyl (C=O) groups is 2. The van der Waals surface area contributed by atoms with E-state index in [0.717, 1.165) is 25.7 Å². The van der Waals surface area contributed by atoms with E-state index in [1.807, 2.05) is 13.8 Å². The van der Waals surface area contributed by atoms with Crippen LogP contribution in [0.25, 0.3) is 0 Å². The highest BCUT2D eigenvalue weighted by molar-refractivity contribution is 6.04. The monoisotopic (exact) mass is 393 g/mol. The van der Waals surface area contributed by atoms with Crippen LogP contribution in [-0.2, 0) is 0 Å². The molecule has 2 aromatic carbocycles. The lowest BCUT2D eigenvalue weighted by molar-refractivity contribution is 0.0948. The van der Waals surface area contributed by atoms with Gasteiger partial charge in [0.1, 0.15) is 0 Å². The van der Waals surface area contributed by atoms with Crippen molar-refractivity contribution in [3.05, 3.63) is 65.0 Å². The van der Waals surface area contributed by atoms with E-state index < -0.39 is 28.9 Å². The Morgan fingerprint density at radius 3 is 2.14 bits per heavy atom. The number of halogens is 3. The van der Waals surface area contributed by atoms with E-state index in [-0.39, 0.29) is 11.6 Å². The van der Waals surface area contributed by atoms with Crippen LogP contribution >= 0.6 is 0 Å². The third-order valence-corrected chi connectivity index (χ3v) is 4.29. The molecule has 0 unspecified atom stereocenters. The second-order valence-corrected chi connectivity index (χ2v) is 6.04. The van der Waals surface area contributed by atoms with Crippen LogP contribution < -0.4 is 10.6 Å². The Kier molecular flexibility index (Phi) is 7.57. The summed E-state index contributed by atoms with van der Waals surface area (Å²) in [5.74, 6) is -5.80. The minimum absolute atomic E-state index is 0.253. The van der Waals surface area contributed by atoms with E-state index in [1.54, 1.807) is 0 Å². The molecule has 2 aromatic rings.